The third-order valence-corrected chi connectivity index (χ3v) is 6.82. The predicted molar refractivity (Wildman–Crippen MR) is 148 cm³/mol. The van der Waals surface area contributed by atoms with E-state index in [1.54, 1.807) is 17.0 Å². The van der Waals surface area contributed by atoms with Crippen molar-refractivity contribution < 1.29 is 14.7 Å². The molecular formula is C30H35N5O3. The Balaban J connectivity index is 1.58. The summed E-state index contributed by atoms with van der Waals surface area (Å²) in [5.74, 6) is -0.705. The zero-order valence-electron chi connectivity index (χ0n) is 21.4. The molecule has 1 atom stereocenters. The fourth-order valence-electron chi connectivity index (χ4n) is 4.96. The van der Waals surface area contributed by atoms with E-state index < -0.39 is 12.0 Å². The molecule has 1 aliphatic heterocycles. The molecular weight excluding hydrogens is 478 g/mol. The SMILES string of the molecule is NC(N)=NCCC[C@@H](NC(=O)C(c1ccccc1)c1ccccc1)C(=O)N1CCCc2cc(O)ccc2C1. The highest BCUT2D eigenvalue weighted by Crippen LogP contribution is 2.26. The highest BCUT2D eigenvalue weighted by Gasteiger charge is 2.31. The van der Waals surface area contributed by atoms with E-state index in [4.69, 9.17) is 11.5 Å². The topological polar surface area (TPSA) is 134 Å². The van der Waals surface area contributed by atoms with Gasteiger partial charge in [-0.3, -0.25) is 14.6 Å². The number of nitrogens with one attached hydrogen (secondary N) is 1. The molecule has 0 fully saturated rings. The number of aliphatic imine (C=N–C) groups is 1. The van der Waals surface area contributed by atoms with Crippen LogP contribution >= 0.6 is 0 Å². The van der Waals surface area contributed by atoms with Crippen molar-refractivity contribution in [2.45, 2.75) is 44.2 Å². The number of phenolic OH excluding ortho intramolecular Hbond substituents is 1. The molecule has 0 aliphatic carbocycles. The summed E-state index contributed by atoms with van der Waals surface area (Å²) in [4.78, 5) is 33.5. The Hall–Kier alpha value is -4.33. The second kappa shape index (κ2) is 12.8. The lowest BCUT2D eigenvalue weighted by atomic mass is 9.90. The van der Waals surface area contributed by atoms with E-state index in [1.165, 1.54) is 0 Å². The predicted octanol–water partition coefficient (Wildman–Crippen LogP) is 3.04. The number of benzene rings is 3. The molecule has 0 unspecified atom stereocenters. The molecule has 1 aliphatic rings. The van der Waals surface area contributed by atoms with E-state index in [0.717, 1.165) is 35.1 Å². The highest BCUT2D eigenvalue weighted by atomic mass is 16.3. The van der Waals surface area contributed by atoms with Crippen molar-refractivity contribution in [1.29, 1.82) is 0 Å². The van der Waals surface area contributed by atoms with Crippen molar-refractivity contribution in [3.63, 3.8) is 0 Å². The van der Waals surface area contributed by atoms with Crippen LogP contribution in [0.1, 0.15) is 47.4 Å². The number of nitrogens with two attached hydrogens (primary N) is 2. The molecule has 6 N–H and O–H groups in total. The summed E-state index contributed by atoms with van der Waals surface area (Å²) in [6, 6.07) is 23.7. The zero-order valence-corrected chi connectivity index (χ0v) is 21.4. The van der Waals surface area contributed by atoms with E-state index in [0.29, 0.717) is 32.5 Å². The molecule has 2 amide bonds. The maximum absolute atomic E-state index is 13.9. The van der Waals surface area contributed by atoms with Gasteiger partial charge in [0.15, 0.2) is 5.96 Å². The fourth-order valence-corrected chi connectivity index (χ4v) is 4.96. The monoisotopic (exact) mass is 513 g/mol. The van der Waals surface area contributed by atoms with Crippen molar-refractivity contribution in [1.82, 2.24) is 10.2 Å². The highest BCUT2D eigenvalue weighted by molar-refractivity contribution is 5.92. The van der Waals surface area contributed by atoms with Crippen molar-refractivity contribution in [3.8, 4) is 5.75 Å². The van der Waals surface area contributed by atoms with Crippen LogP contribution in [-0.2, 0) is 22.6 Å². The molecule has 0 bridgehead atoms. The summed E-state index contributed by atoms with van der Waals surface area (Å²) >= 11 is 0. The number of hydrogen-bond donors (Lipinski definition) is 4. The molecule has 8 heteroatoms. The Morgan fingerprint density at radius 1 is 0.947 bits per heavy atom. The summed E-state index contributed by atoms with van der Waals surface area (Å²) in [5.41, 5.74) is 14.7. The molecule has 3 aromatic rings. The average molecular weight is 514 g/mol. The number of fused-ring (bicyclic) bond motifs is 1. The number of aryl methyl sites for hydroxylation is 1. The maximum atomic E-state index is 13.9. The van der Waals surface area contributed by atoms with Crippen molar-refractivity contribution in [3.05, 3.63) is 101 Å². The normalized spacial score (nSPS) is 13.8. The summed E-state index contributed by atoms with van der Waals surface area (Å²) in [7, 11) is 0. The van der Waals surface area contributed by atoms with E-state index in [-0.39, 0.29) is 23.5 Å². The number of nitrogens with zero attached hydrogens (tertiary/aromatic N) is 2. The number of hydrogen-bond acceptors (Lipinski definition) is 4. The smallest absolute Gasteiger partial charge is 0.245 e. The fraction of sp³-hybridized carbons (Fsp3) is 0.300. The third-order valence-electron chi connectivity index (χ3n) is 6.82. The molecule has 38 heavy (non-hydrogen) atoms. The quantitative estimate of drug-likeness (QED) is 0.198. The van der Waals surface area contributed by atoms with Crippen LogP contribution in [0.4, 0.5) is 0 Å². The van der Waals surface area contributed by atoms with Gasteiger partial charge < -0.3 is 26.8 Å². The van der Waals surface area contributed by atoms with Crippen LogP contribution < -0.4 is 16.8 Å². The van der Waals surface area contributed by atoms with Gasteiger partial charge in [-0.05, 0) is 60.1 Å². The van der Waals surface area contributed by atoms with Gasteiger partial charge in [0.1, 0.15) is 11.8 Å². The first-order chi connectivity index (χ1) is 18.4. The van der Waals surface area contributed by atoms with Crippen LogP contribution in [0.2, 0.25) is 0 Å². The largest absolute Gasteiger partial charge is 0.508 e. The van der Waals surface area contributed by atoms with Crippen molar-refractivity contribution in [2.24, 2.45) is 16.5 Å². The van der Waals surface area contributed by atoms with Gasteiger partial charge in [0.2, 0.25) is 11.8 Å². The van der Waals surface area contributed by atoms with E-state index >= 15 is 0 Å². The van der Waals surface area contributed by atoms with Crippen LogP contribution in [0.3, 0.4) is 0 Å². The van der Waals surface area contributed by atoms with E-state index in [9.17, 15) is 14.7 Å². The Morgan fingerprint density at radius 3 is 2.24 bits per heavy atom. The van der Waals surface area contributed by atoms with Gasteiger partial charge in [0.25, 0.3) is 0 Å². The van der Waals surface area contributed by atoms with Crippen molar-refractivity contribution in [2.75, 3.05) is 13.1 Å². The minimum atomic E-state index is -0.731. The zero-order chi connectivity index (χ0) is 26.9. The number of phenols is 1. The molecule has 1 heterocycles. The Morgan fingerprint density at radius 2 is 1.61 bits per heavy atom. The lowest BCUT2D eigenvalue weighted by Crippen LogP contribution is -2.49. The second-order valence-corrected chi connectivity index (χ2v) is 9.58. The summed E-state index contributed by atoms with van der Waals surface area (Å²) in [5, 5.41) is 13.0. The Bertz CT molecular complexity index is 1220. The molecule has 3 aromatic carbocycles. The van der Waals surface area contributed by atoms with Gasteiger partial charge in [-0.15, -0.1) is 0 Å². The summed E-state index contributed by atoms with van der Waals surface area (Å²) in [6.45, 7) is 1.36. The minimum Gasteiger partial charge on any atom is -0.508 e. The van der Waals surface area contributed by atoms with E-state index in [1.807, 2.05) is 66.7 Å². The summed E-state index contributed by atoms with van der Waals surface area (Å²) < 4.78 is 0. The third kappa shape index (κ3) is 6.91. The van der Waals surface area contributed by atoms with E-state index in [2.05, 4.69) is 10.3 Å². The lowest BCUT2D eigenvalue weighted by Gasteiger charge is -2.28. The molecule has 4 rings (SSSR count). The van der Waals surface area contributed by atoms with Crippen LogP contribution in [0.5, 0.6) is 5.75 Å². The molecule has 0 aromatic heterocycles. The first-order valence-corrected chi connectivity index (χ1v) is 13.0. The Labute approximate surface area is 223 Å². The molecule has 0 saturated carbocycles. The number of carbonyl (C=O) groups is 2. The van der Waals surface area contributed by atoms with Gasteiger partial charge in [-0.1, -0.05) is 66.7 Å². The number of carbonyl (C=O) groups excluding carboxylic acids is 2. The average Bonchev–Trinajstić information content (AvgIpc) is 3.13. The molecule has 0 saturated heterocycles. The van der Waals surface area contributed by atoms with Gasteiger partial charge in [-0.25, -0.2) is 0 Å². The first-order valence-electron chi connectivity index (χ1n) is 13.0. The molecule has 0 spiro atoms. The van der Waals surface area contributed by atoms with Gasteiger partial charge >= 0.3 is 0 Å². The van der Waals surface area contributed by atoms with Crippen LogP contribution in [0.15, 0.2) is 83.9 Å². The number of guanidine groups is 1. The minimum absolute atomic E-state index is 0.00231. The van der Waals surface area contributed by atoms with Gasteiger partial charge in [-0.2, -0.15) is 0 Å². The lowest BCUT2D eigenvalue weighted by molar-refractivity contribution is -0.137. The molecule has 8 nitrogen and oxygen atoms in total. The first kappa shape index (κ1) is 26.7. The maximum Gasteiger partial charge on any atom is 0.245 e. The van der Waals surface area contributed by atoms with Crippen molar-refractivity contribution >= 4 is 17.8 Å². The van der Waals surface area contributed by atoms with Gasteiger partial charge in [0.05, 0.1) is 5.92 Å². The number of amides is 2. The van der Waals surface area contributed by atoms with Crippen LogP contribution in [-0.4, -0.2) is 46.9 Å². The van der Waals surface area contributed by atoms with Gasteiger partial charge in [0, 0.05) is 19.6 Å². The van der Waals surface area contributed by atoms with Crippen LogP contribution in [0, 0.1) is 0 Å². The molecule has 0 radical (unpaired) electrons. The standard InChI is InChI=1S/C30H35N5O3/c31-30(32)33-17-7-14-26(29(38)35-18-8-13-23-19-25(36)16-15-24(23)20-35)34-28(37)27(21-9-3-1-4-10-21)22-11-5-2-6-12-22/h1-6,9-12,15-16,19,26-27,36H,7-8,13-14,17-18,20H2,(H,34,37)(H4,31,32,33)/t26-/m1/s1. The van der Waals surface area contributed by atoms with Crippen LogP contribution in [0.25, 0.3) is 0 Å². The number of rotatable bonds is 9. The molecule has 198 valence electrons. The second-order valence-electron chi connectivity index (χ2n) is 9.58. The summed E-state index contributed by atoms with van der Waals surface area (Å²) in [6.07, 6.45) is 2.48. The Kier molecular flexibility index (Phi) is 8.98. The number of aromatic hydroxyl groups is 1.